The zero-order valence-corrected chi connectivity index (χ0v) is 12.0. The van der Waals surface area contributed by atoms with Gasteiger partial charge >= 0.3 is 0 Å². The van der Waals surface area contributed by atoms with E-state index in [0.29, 0.717) is 11.8 Å². The van der Waals surface area contributed by atoms with Crippen molar-refractivity contribution < 1.29 is 0 Å². The van der Waals surface area contributed by atoms with Gasteiger partial charge in [0.2, 0.25) is 0 Å². The number of nitrogens with zero attached hydrogens (tertiary/aromatic N) is 2. The van der Waals surface area contributed by atoms with Crippen LogP contribution in [0.4, 0.5) is 0 Å². The molecule has 1 aromatic rings. The first kappa shape index (κ1) is 14.7. The quantitative estimate of drug-likeness (QED) is 0.763. The summed E-state index contributed by atoms with van der Waals surface area (Å²) in [5.41, 5.74) is 2.02. The van der Waals surface area contributed by atoms with Crippen molar-refractivity contribution in [1.82, 2.24) is 4.90 Å². The Morgan fingerprint density at radius 1 is 1.00 bits per heavy atom. The lowest BCUT2D eigenvalue weighted by Gasteiger charge is -2.26. The van der Waals surface area contributed by atoms with Crippen molar-refractivity contribution in [3.63, 3.8) is 0 Å². The van der Waals surface area contributed by atoms with E-state index in [9.17, 15) is 0 Å². The zero-order valence-electron chi connectivity index (χ0n) is 12.0. The summed E-state index contributed by atoms with van der Waals surface area (Å²) in [5.74, 6) is 1.37. The Kier molecular flexibility index (Phi) is 5.88. The van der Waals surface area contributed by atoms with Crippen molar-refractivity contribution >= 4 is 0 Å². The van der Waals surface area contributed by atoms with Gasteiger partial charge in [-0.1, -0.05) is 39.8 Å². The molecule has 2 heteroatoms. The minimum Gasteiger partial charge on any atom is -0.299 e. The third-order valence-electron chi connectivity index (χ3n) is 2.74. The molecule has 1 aromatic carbocycles. The van der Waals surface area contributed by atoms with E-state index < -0.39 is 0 Å². The second-order valence-corrected chi connectivity index (χ2v) is 5.79. The van der Waals surface area contributed by atoms with Gasteiger partial charge in [0, 0.05) is 19.6 Å². The van der Waals surface area contributed by atoms with Crippen LogP contribution in [0.15, 0.2) is 24.3 Å². The molecule has 0 aliphatic rings. The van der Waals surface area contributed by atoms with Gasteiger partial charge in [0.25, 0.3) is 0 Å². The smallest absolute Gasteiger partial charge is 0.0991 e. The van der Waals surface area contributed by atoms with Crippen LogP contribution in [0.2, 0.25) is 0 Å². The van der Waals surface area contributed by atoms with Gasteiger partial charge in [-0.3, -0.25) is 4.90 Å². The molecular weight excluding hydrogens is 220 g/mol. The van der Waals surface area contributed by atoms with Crippen LogP contribution >= 0.6 is 0 Å². The van der Waals surface area contributed by atoms with Crippen molar-refractivity contribution in [2.24, 2.45) is 11.8 Å². The predicted octanol–water partition coefficient (Wildman–Crippen LogP) is 3.67. The average molecular weight is 244 g/mol. The van der Waals surface area contributed by atoms with Gasteiger partial charge in [-0.05, 0) is 29.5 Å². The van der Waals surface area contributed by atoms with Crippen molar-refractivity contribution in [1.29, 1.82) is 5.26 Å². The summed E-state index contributed by atoms with van der Waals surface area (Å²) in [4.78, 5) is 2.50. The van der Waals surface area contributed by atoms with Crippen molar-refractivity contribution in [2.75, 3.05) is 13.1 Å². The summed E-state index contributed by atoms with van der Waals surface area (Å²) in [7, 11) is 0. The molecule has 0 atom stereocenters. The lowest BCUT2D eigenvalue weighted by Crippen LogP contribution is -2.30. The Morgan fingerprint density at radius 3 is 1.89 bits per heavy atom. The minimum atomic E-state index is 0.683. The van der Waals surface area contributed by atoms with Gasteiger partial charge in [0.1, 0.15) is 0 Å². The van der Waals surface area contributed by atoms with E-state index in [0.717, 1.165) is 25.2 Å². The maximum atomic E-state index is 8.79. The molecule has 0 aliphatic carbocycles. The van der Waals surface area contributed by atoms with E-state index in [1.165, 1.54) is 5.56 Å². The van der Waals surface area contributed by atoms with Crippen molar-refractivity contribution in [3.05, 3.63) is 35.4 Å². The number of hydrogen-bond acceptors (Lipinski definition) is 2. The summed E-state index contributed by atoms with van der Waals surface area (Å²) in [5, 5.41) is 8.79. The number of hydrogen-bond donors (Lipinski definition) is 0. The van der Waals surface area contributed by atoms with E-state index in [4.69, 9.17) is 5.26 Å². The first-order chi connectivity index (χ1) is 8.51. The summed E-state index contributed by atoms with van der Waals surface area (Å²) in [6, 6.07) is 10.1. The molecule has 0 unspecified atom stereocenters. The largest absolute Gasteiger partial charge is 0.299 e. The third kappa shape index (κ3) is 5.33. The van der Waals surface area contributed by atoms with Crippen LogP contribution in [0.25, 0.3) is 0 Å². The average Bonchev–Trinajstić information content (AvgIpc) is 2.28. The lowest BCUT2D eigenvalue weighted by molar-refractivity contribution is 0.211. The van der Waals surface area contributed by atoms with Gasteiger partial charge in [-0.25, -0.2) is 0 Å². The molecule has 0 aromatic heterocycles. The monoisotopic (exact) mass is 244 g/mol. The first-order valence-corrected chi connectivity index (χ1v) is 6.72. The molecular formula is C16H24N2. The predicted molar refractivity (Wildman–Crippen MR) is 76.1 cm³/mol. The van der Waals surface area contributed by atoms with Gasteiger partial charge in [-0.2, -0.15) is 5.26 Å². The number of nitriles is 1. The maximum absolute atomic E-state index is 8.79. The van der Waals surface area contributed by atoms with Crippen LogP contribution in [-0.4, -0.2) is 18.0 Å². The molecule has 0 saturated carbocycles. The minimum absolute atomic E-state index is 0.683. The Morgan fingerprint density at radius 2 is 1.50 bits per heavy atom. The Labute approximate surface area is 111 Å². The van der Waals surface area contributed by atoms with Crippen LogP contribution in [0.5, 0.6) is 0 Å². The molecule has 0 saturated heterocycles. The highest BCUT2D eigenvalue weighted by Gasteiger charge is 2.10. The molecule has 18 heavy (non-hydrogen) atoms. The maximum Gasteiger partial charge on any atom is 0.0991 e. The molecule has 0 N–H and O–H groups in total. The second-order valence-electron chi connectivity index (χ2n) is 5.79. The van der Waals surface area contributed by atoms with Crippen LogP contribution in [-0.2, 0) is 6.54 Å². The Bertz CT molecular complexity index is 375. The molecule has 0 aliphatic heterocycles. The van der Waals surface area contributed by atoms with E-state index in [1.807, 2.05) is 12.1 Å². The highest BCUT2D eigenvalue weighted by Crippen LogP contribution is 2.11. The van der Waals surface area contributed by atoms with E-state index >= 15 is 0 Å². The fourth-order valence-corrected chi connectivity index (χ4v) is 2.18. The van der Waals surface area contributed by atoms with Crippen LogP contribution in [0.3, 0.4) is 0 Å². The van der Waals surface area contributed by atoms with Crippen LogP contribution in [0, 0.1) is 23.2 Å². The van der Waals surface area contributed by atoms with E-state index in [-0.39, 0.29) is 0 Å². The normalized spacial score (nSPS) is 11.2. The van der Waals surface area contributed by atoms with Crippen LogP contribution in [0.1, 0.15) is 38.8 Å². The first-order valence-electron chi connectivity index (χ1n) is 6.72. The van der Waals surface area contributed by atoms with Gasteiger partial charge < -0.3 is 0 Å². The Balaban J connectivity index is 2.66. The molecule has 0 amide bonds. The number of benzene rings is 1. The molecule has 0 heterocycles. The molecule has 0 fully saturated rings. The van der Waals surface area contributed by atoms with Crippen molar-refractivity contribution in [2.45, 2.75) is 34.2 Å². The second kappa shape index (κ2) is 7.18. The topological polar surface area (TPSA) is 27.0 Å². The summed E-state index contributed by atoms with van der Waals surface area (Å²) >= 11 is 0. The molecule has 0 radical (unpaired) electrons. The van der Waals surface area contributed by atoms with Gasteiger partial charge in [0.05, 0.1) is 11.6 Å². The molecule has 2 nitrogen and oxygen atoms in total. The fraction of sp³-hybridized carbons (Fsp3) is 0.562. The molecule has 1 rings (SSSR count). The Hall–Kier alpha value is -1.33. The van der Waals surface area contributed by atoms with E-state index in [1.54, 1.807) is 0 Å². The summed E-state index contributed by atoms with van der Waals surface area (Å²) in [6.45, 7) is 12.2. The summed E-state index contributed by atoms with van der Waals surface area (Å²) < 4.78 is 0. The third-order valence-corrected chi connectivity index (χ3v) is 2.74. The van der Waals surface area contributed by atoms with Gasteiger partial charge in [0.15, 0.2) is 0 Å². The molecule has 0 spiro atoms. The fourth-order valence-electron chi connectivity index (χ4n) is 2.18. The SMILES string of the molecule is CC(C)CN(Cc1ccc(C#N)cc1)CC(C)C. The molecule has 98 valence electrons. The zero-order chi connectivity index (χ0) is 13.5. The highest BCUT2D eigenvalue weighted by molar-refractivity contribution is 5.31. The lowest BCUT2D eigenvalue weighted by atomic mass is 10.1. The van der Waals surface area contributed by atoms with Gasteiger partial charge in [-0.15, -0.1) is 0 Å². The number of rotatable bonds is 6. The van der Waals surface area contributed by atoms with E-state index in [2.05, 4.69) is 50.8 Å². The van der Waals surface area contributed by atoms with Crippen molar-refractivity contribution in [3.8, 4) is 6.07 Å². The molecule has 0 bridgehead atoms. The standard InChI is InChI=1S/C16H24N2/c1-13(2)10-18(11-14(3)4)12-16-7-5-15(9-17)6-8-16/h5-8,13-14H,10-12H2,1-4H3. The highest BCUT2D eigenvalue weighted by atomic mass is 15.1. The van der Waals surface area contributed by atoms with Crippen LogP contribution < -0.4 is 0 Å². The summed E-state index contributed by atoms with van der Waals surface area (Å²) in [6.07, 6.45) is 0.